The molecule has 1 fully saturated rings. The lowest BCUT2D eigenvalue weighted by atomic mass is 10.1. The van der Waals surface area contributed by atoms with Gasteiger partial charge in [0.25, 0.3) is 0 Å². The first-order valence-corrected chi connectivity index (χ1v) is 12.5. The van der Waals surface area contributed by atoms with E-state index in [1.165, 1.54) is 11.1 Å². The maximum Gasteiger partial charge on any atom is 0.227 e. The van der Waals surface area contributed by atoms with Crippen LogP contribution in [-0.4, -0.2) is 28.6 Å². The molecule has 5 nitrogen and oxygen atoms in total. The minimum Gasteiger partial charge on any atom is -0.494 e. The van der Waals surface area contributed by atoms with Crippen molar-refractivity contribution in [2.45, 2.75) is 39.2 Å². The van der Waals surface area contributed by atoms with Crippen molar-refractivity contribution in [2.24, 2.45) is 0 Å². The van der Waals surface area contributed by atoms with Crippen molar-refractivity contribution in [1.82, 2.24) is 9.55 Å². The number of nitrogens with zero attached hydrogens (tertiary/aromatic N) is 3. The number of carbonyl (C=O) groups is 1. The van der Waals surface area contributed by atoms with Crippen LogP contribution in [0.2, 0.25) is 0 Å². The zero-order chi connectivity index (χ0) is 23.7. The highest BCUT2D eigenvalue weighted by Gasteiger charge is 2.34. The smallest absolute Gasteiger partial charge is 0.227 e. The van der Waals surface area contributed by atoms with Crippen LogP contribution in [0.5, 0.6) is 5.75 Å². The van der Waals surface area contributed by atoms with E-state index in [0.29, 0.717) is 19.6 Å². The zero-order valence-electron chi connectivity index (χ0n) is 19.5. The number of rotatable bonds is 7. The Balaban J connectivity index is 1.34. The molecule has 0 N–H and O–H groups in total. The predicted octanol–water partition coefficient (Wildman–Crippen LogP) is 6.41. The van der Waals surface area contributed by atoms with Gasteiger partial charge in [0.1, 0.15) is 11.6 Å². The summed E-state index contributed by atoms with van der Waals surface area (Å²) in [5.41, 5.74) is 5.43. The normalized spacial score (nSPS) is 15.9. The highest BCUT2D eigenvalue weighted by Crippen LogP contribution is 2.33. The first-order chi connectivity index (χ1) is 16.5. The van der Waals surface area contributed by atoms with Gasteiger partial charge in [-0.05, 0) is 79.9 Å². The molecule has 6 heteroatoms. The lowest BCUT2D eigenvalue weighted by molar-refractivity contribution is -0.117. The SMILES string of the molecule is Cc1cc(C)cc(OCCCn2c(C3CC(=O)N(c4ccc(Br)cc4)C3)nc3ccccc32)c1. The Bertz CT molecular complexity index is 1310. The topological polar surface area (TPSA) is 47.4 Å². The number of anilines is 1. The van der Waals surface area contributed by atoms with Crippen molar-refractivity contribution in [3.05, 3.63) is 88.2 Å². The third-order valence-electron chi connectivity index (χ3n) is 6.30. The molecule has 1 atom stereocenters. The largest absolute Gasteiger partial charge is 0.494 e. The summed E-state index contributed by atoms with van der Waals surface area (Å²) in [6.07, 6.45) is 1.33. The molecule has 1 aromatic heterocycles. The van der Waals surface area contributed by atoms with Crippen LogP contribution in [0.1, 0.15) is 35.7 Å². The Kier molecular flexibility index (Phi) is 6.42. The maximum absolute atomic E-state index is 12.9. The third kappa shape index (κ3) is 4.73. The molecule has 34 heavy (non-hydrogen) atoms. The highest BCUT2D eigenvalue weighted by molar-refractivity contribution is 9.10. The van der Waals surface area contributed by atoms with E-state index in [1.807, 2.05) is 47.4 Å². The number of para-hydroxylation sites is 2. The quantitative estimate of drug-likeness (QED) is 0.266. The zero-order valence-corrected chi connectivity index (χ0v) is 21.1. The van der Waals surface area contributed by atoms with Gasteiger partial charge in [-0.2, -0.15) is 0 Å². The fourth-order valence-corrected chi connectivity index (χ4v) is 5.09. The molecule has 1 aliphatic heterocycles. The van der Waals surface area contributed by atoms with Gasteiger partial charge in [0.05, 0.1) is 17.6 Å². The first kappa shape index (κ1) is 22.7. The molecule has 0 spiro atoms. The monoisotopic (exact) mass is 517 g/mol. The van der Waals surface area contributed by atoms with Crippen molar-refractivity contribution < 1.29 is 9.53 Å². The Morgan fingerprint density at radius 2 is 1.76 bits per heavy atom. The number of aryl methyl sites for hydroxylation is 3. The standard InChI is InChI=1S/C28H28BrN3O2/c1-19-14-20(2)16-24(15-19)34-13-5-12-31-26-7-4-3-6-25(26)30-28(31)21-17-27(33)32(18-21)23-10-8-22(29)9-11-23/h3-4,6-11,14-16,21H,5,12-13,17-18H2,1-2H3. The number of aromatic nitrogens is 2. The number of hydrogen-bond acceptors (Lipinski definition) is 3. The molecule has 3 aromatic carbocycles. The summed E-state index contributed by atoms with van der Waals surface area (Å²) < 4.78 is 9.33. The fraction of sp³-hybridized carbons (Fsp3) is 0.286. The van der Waals surface area contributed by atoms with Crippen LogP contribution in [0.25, 0.3) is 11.0 Å². The van der Waals surface area contributed by atoms with Gasteiger partial charge >= 0.3 is 0 Å². The third-order valence-corrected chi connectivity index (χ3v) is 6.83. The lowest BCUT2D eigenvalue weighted by Gasteiger charge is -2.17. The van der Waals surface area contributed by atoms with Gasteiger partial charge in [0.2, 0.25) is 5.91 Å². The average molecular weight is 518 g/mol. The van der Waals surface area contributed by atoms with Gasteiger partial charge in [-0.3, -0.25) is 4.79 Å². The number of carbonyl (C=O) groups excluding carboxylic acids is 1. The van der Waals surface area contributed by atoms with E-state index in [4.69, 9.17) is 9.72 Å². The van der Waals surface area contributed by atoms with Gasteiger partial charge in [-0.15, -0.1) is 0 Å². The number of amides is 1. The summed E-state index contributed by atoms with van der Waals surface area (Å²) in [4.78, 5) is 19.7. The van der Waals surface area contributed by atoms with Crippen molar-refractivity contribution in [3.63, 3.8) is 0 Å². The van der Waals surface area contributed by atoms with Crippen LogP contribution in [0.3, 0.4) is 0 Å². The molecule has 2 heterocycles. The number of imidazole rings is 1. The second-order valence-corrected chi connectivity index (χ2v) is 9.93. The van der Waals surface area contributed by atoms with Gasteiger partial charge in [0.15, 0.2) is 0 Å². The van der Waals surface area contributed by atoms with E-state index in [9.17, 15) is 4.79 Å². The summed E-state index contributed by atoms with van der Waals surface area (Å²) in [7, 11) is 0. The molecule has 1 saturated heterocycles. The second kappa shape index (κ2) is 9.63. The van der Waals surface area contributed by atoms with E-state index in [0.717, 1.165) is 45.7 Å². The molecule has 1 aliphatic rings. The summed E-state index contributed by atoms with van der Waals surface area (Å²) in [6.45, 7) is 6.24. The lowest BCUT2D eigenvalue weighted by Crippen LogP contribution is -2.24. The molecule has 4 aromatic rings. The van der Waals surface area contributed by atoms with Crippen LogP contribution >= 0.6 is 15.9 Å². The van der Waals surface area contributed by atoms with Crippen LogP contribution in [0.4, 0.5) is 5.69 Å². The van der Waals surface area contributed by atoms with E-state index in [-0.39, 0.29) is 11.8 Å². The van der Waals surface area contributed by atoms with Crippen LogP contribution in [0, 0.1) is 13.8 Å². The van der Waals surface area contributed by atoms with Crippen molar-refractivity contribution in [3.8, 4) is 5.75 Å². The van der Waals surface area contributed by atoms with Gasteiger partial charge in [-0.1, -0.05) is 34.1 Å². The van der Waals surface area contributed by atoms with Crippen molar-refractivity contribution in [1.29, 1.82) is 0 Å². The highest BCUT2D eigenvalue weighted by atomic mass is 79.9. The molecule has 174 valence electrons. The molecular weight excluding hydrogens is 490 g/mol. The minimum atomic E-state index is 0.0592. The number of halogens is 1. The van der Waals surface area contributed by atoms with Gasteiger partial charge < -0.3 is 14.2 Å². The van der Waals surface area contributed by atoms with E-state index < -0.39 is 0 Å². The number of fused-ring (bicyclic) bond motifs is 1. The maximum atomic E-state index is 12.9. The van der Waals surface area contributed by atoms with Crippen LogP contribution in [-0.2, 0) is 11.3 Å². The number of ether oxygens (including phenoxy) is 1. The van der Waals surface area contributed by atoms with Crippen LogP contribution < -0.4 is 9.64 Å². The Morgan fingerprint density at radius 1 is 1.03 bits per heavy atom. The molecule has 1 amide bonds. The van der Waals surface area contributed by atoms with Gasteiger partial charge in [-0.25, -0.2) is 4.98 Å². The van der Waals surface area contributed by atoms with Gasteiger partial charge in [0, 0.05) is 35.6 Å². The predicted molar refractivity (Wildman–Crippen MR) is 140 cm³/mol. The van der Waals surface area contributed by atoms with Crippen molar-refractivity contribution >= 4 is 38.6 Å². The number of hydrogen-bond donors (Lipinski definition) is 0. The van der Waals surface area contributed by atoms with E-state index in [2.05, 4.69) is 58.6 Å². The molecule has 0 aliphatic carbocycles. The molecule has 0 radical (unpaired) electrons. The average Bonchev–Trinajstić information content (AvgIpc) is 3.37. The molecule has 5 rings (SSSR count). The Morgan fingerprint density at radius 3 is 2.53 bits per heavy atom. The first-order valence-electron chi connectivity index (χ1n) is 11.7. The van der Waals surface area contributed by atoms with Crippen LogP contribution in [0.15, 0.2) is 71.2 Å². The second-order valence-electron chi connectivity index (χ2n) is 9.02. The molecule has 0 saturated carbocycles. The van der Waals surface area contributed by atoms with Crippen molar-refractivity contribution in [2.75, 3.05) is 18.1 Å². The summed E-state index contributed by atoms with van der Waals surface area (Å²) in [6, 6.07) is 22.4. The minimum absolute atomic E-state index is 0.0592. The summed E-state index contributed by atoms with van der Waals surface area (Å²) in [5, 5.41) is 0. The number of benzene rings is 3. The van der Waals surface area contributed by atoms with E-state index >= 15 is 0 Å². The molecule has 0 bridgehead atoms. The summed E-state index contributed by atoms with van der Waals surface area (Å²) >= 11 is 3.47. The van der Waals surface area contributed by atoms with E-state index in [1.54, 1.807) is 0 Å². The molecule has 1 unspecified atom stereocenters. The summed E-state index contributed by atoms with van der Waals surface area (Å²) in [5.74, 6) is 2.10. The fourth-order valence-electron chi connectivity index (χ4n) is 4.82. The Labute approximate surface area is 208 Å². The molecular formula is C28H28BrN3O2. The Hall–Kier alpha value is -3.12.